The molecule has 0 fully saturated rings. The summed E-state index contributed by atoms with van der Waals surface area (Å²) >= 11 is 0. The Kier molecular flexibility index (Phi) is 18.6. The Hall–Kier alpha value is -1.58. The summed E-state index contributed by atoms with van der Waals surface area (Å²) in [5.74, 6) is -0.832. The molecule has 0 aromatic carbocycles. The van der Waals surface area contributed by atoms with E-state index in [1.807, 2.05) is 13.8 Å². The van der Waals surface area contributed by atoms with Gasteiger partial charge in [0.1, 0.15) is 0 Å². The van der Waals surface area contributed by atoms with Crippen LogP contribution < -0.4 is 0 Å². The standard InChI is InChI=1S/C25H44O4/c1-5-7-8-9-10-11-12-13-14-15-16-17-18-19-20-21-23(26)29-24(22(3)4)25(27)28-6-2/h10-11,13-14,22,24H,5-9,12,15-21H2,1-4H3/b11-10+,14-13+. The predicted molar refractivity (Wildman–Crippen MR) is 121 cm³/mol. The third-order valence-corrected chi connectivity index (χ3v) is 4.71. The fourth-order valence-corrected chi connectivity index (χ4v) is 2.96. The highest BCUT2D eigenvalue weighted by Crippen LogP contribution is 2.13. The Bertz CT molecular complexity index is 465. The highest BCUT2D eigenvalue weighted by atomic mass is 16.6. The molecule has 0 spiro atoms. The number of allylic oxidation sites excluding steroid dienone is 4. The molecule has 1 unspecified atom stereocenters. The zero-order chi connectivity index (χ0) is 21.7. The van der Waals surface area contributed by atoms with E-state index in [0.717, 1.165) is 32.1 Å². The highest BCUT2D eigenvalue weighted by molar-refractivity contribution is 5.79. The minimum Gasteiger partial charge on any atom is -0.463 e. The van der Waals surface area contributed by atoms with E-state index in [1.165, 1.54) is 38.5 Å². The predicted octanol–water partition coefficient (Wildman–Crippen LogP) is 6.93. The molecular weight excluding hydrogens is 364 g/mol. The first-order valence-electron chi connectivity index (χ1n) is 11.7. The lowest BCUT2D eigenvalue weighted by molar-refractivity contribution is -0.170. The second-order valence-electron chi connectivity index (χ2n) is 7.89. The second-order valence-corrected chi connectivity index (χ2v) is 7.89. The molecule has 0 aliphatic rings. The van der Waals surface area contributed by atoms with Crippen molar-refractivity contribution in [3.63, 3.8) is 0 Å². The molecule has 0 rings (SSSR count). The van der Waals surface area contributed by atoms with Crippen molar-refractivity contribution in [2.75, 3.05) is 6.61 Å². The van der Waals surface area contributed by atoms with Gasteiger partial charge in [0, 0.05) is 12.3 Å². The van der Waals surface area contributed by atoms with Gasteiger partial charge >= 0.3 is 11.9 Å². The first-order valence-corrected chi connectivity index (χ1v) is 11.7. The molecule has 0 saturated carbocycles. The summed E-state index contributed by atoms with van der Waals surface area (Å²) in [4.78, 5) is 23.8. The van der Waals surface area contributed by atoms with Crippen molar-refractivity contribution in [3.05, 3.63) is 24.3 Å². The molecule has 0 aliphatic heterocycles. The second kappa shape index (κ2) is 19.7. The van der Waals surface area contributed by atoms with Crippen molar-refractivity contribution in [2.24, 2.45) is 5.92 Å². The summed E-state index contributed by atoms with van der Waals surface area (Å²) in [7, 11) is 0. The van der Waals surface area contributed by atoms with Crippen LogP contribution >= 0.6 is 0 Å². The lowest BCUT2D eigenvalue weighted by Crippen LogP contribution is -2.33. The van der Waals surface area contributed by atoms with Crippen molar-refractivity contribution in [3.8, 4) is 0 Å². The molecule has 0 N–H and O–H groups in total. The molecule has 4 nitrogen and oxygen atoms in total. The number of hydrogen-bond acceptors (Lipinski definition) is 4. The first-order chi connectivity index (χ1) is 14.0. The van der Waals surface area contributed by atoms with Crippen LogP contribution in [0.2, 0.25) is 0 Å². The van der Waals surface area contributed by atoms with Crippen LogP contribution in [0.25, 0.3) is 0 Å². The number of unbranched alkanes of at least 4 members (excludes halogenated alkanes) is 8. The van der Waals surface area contributed by atoms with Gasteiger partial charge in [-0.3, -0.25) is 4.79 Å². The molecule has 1 atom stereocenters. The first kappa shape index (κ1) is 27.4. The van der Waals surface area contributed by atoms with Crippen LogP contribution in [0.3, 0.4) is 0 Å². The van der Waals surface area contributed by atoms with Gasteiger partial charge in [0.25, 0.3) is 0 Å². The van der Waals surface area contributed by atoms with E-state index in [4.69, 9.17) is 9.47 Å². The lowest BCUT2D eigenvalue weighted by atomic mass is 10.1. The van der Waals surface area contributed by atoms with Gasteiger partial charge in [-0.1, -0.05) is 77.2 Å². The number of carbonyl (C=O) groups excluding carboxylic acids is 2. The van der Waals surface area contributed by atoms with E-state index in [9.17, 15) is 9.59 Å². The van der Waals surface area contributed by atoms with Crippen LogP contribution in [0.1, 0.15) is 105 Å². The summed E-state index contributed by atoms with van der Waals surface area (Å²) in [6, 6.07) is 0. The van der Waals surface area contributed by atoms with Crippen molar-refractivity contribution >= 4 is 11.9 Å². The summed E-state index contributed by atoms with van der Waals surface area (Å²) < 4.78 is 10.3. The Balaban J connectivity index is 3.65. The topological polar surface area (TPSA) is 52.6 Å². The van der Waals surface area contributed by atoms with E-state index < -0.39 is 12.1 Å². The Morgan fingerprint density at radius 2 is 1.38 bits per heavy atom. The van der Waals surface area contributed by atoms with Gasteiger partial charge in [-0.2, -0.15) is 0 Å². The average Bonchev–Trinajstić information content (AvgIpc) is 2.69. The van der Waals surface area contributed by atoms with Crippen molar-refractivity contribution in [2.45, 2.75) is 111 Å². The molecule has 0 amide bonds. The lowest BCUT2D eigenvalue weighted by Gasteiger charge is -2.19. The number of rotatable bonds is 18. The molecular formula is C25H44O4. The van der Waals surface area contributed by atoms with Crippen molar-refractivity contribution in [1.82, 2.24) is 0 Å². The fraction of sp³-hybridized carbons (Fsp3) is 0.760. The van der Waals surface area contributed by atoms with Gasteiger partial charge in [-0.15, -0.1) is 0 Å². The smallest absolute Gasteiger partial charge is 0.347 e. The normalized spacial score (nSPS) is 12.7. The molecule has 0 heterocycles. The van der Waals surface area contributed by atoms with Gasteiger partial charge in [-0.25, -0.2) is 4.79 Å². The summed E-state index contributed by atoms with van der Waals surface area (Å²) in [5.41, 5.74) is 0. The minimum atomic E-state index is -0.791. The molecule has 0 bridgehead atoms. The zero-order valence-corrected chi connectivity index (χ0v) is 19.3. The fourth-order valence-electron chi connectivity index (χ4n) is 2.96. The molecule has 168 valence electrons. The summed E-state index contributed by atoms with van der Waals surface area (Å²) in [6.45, 7) is 7.99. The number of esters is 2. The van der Waals surface area contributed by atoms with E-state index in [2.05, 4.69) is 31.2 Å². The zero-order valence-electron chi connectivity index (χ0n) is 19.3. The quantitative estimate of drug-likeness (QED) is 0.140. The van der Waals surface area contributed by atoms with E-state index >= 15 is 0 Å². The molecule has 0 aromatic heterocycles. The molecule has 0 saturated heterocycles. The van der Waals surface area contributed by atoms with E-state index in [0.29, 0.717) is 13.0 Å². The average molecular weight is 409 g/mol. The number of ether oxygens (including phenoxy) is 2. The molecule has 29 heavy (non-hydrogen) atoms. The SMILES string of the molecule is CCCCC/C=C/C/C=C/CCCCCCCC(=O)OC(C(=O)OCC)C(C)C. The van der Waals surface area contributed by atoms with Gasteiger partial charge in [0.2, 0.25) is 6.10 Å². The molecule has 0 radical (unpaired) electrons. The van der Waals surface area contributed by atoms with E-state index in [1.54, 1.807) is 6.92 Å². The number of hydrogen-bond donors (Lipinski definition) is 0. The molecule has 0 aliphatic carbocycles. The highest BCUT2D eigenvalue weighted by Gasteiger charge is 2.27. The summed E-state index contributed by atoms with van der Waals surface area (Å²) in [6.07, 6.45) is 21.3. The van der Waals surface area contributed by atoms with Crippen LogP contribution in [-0.2, 0) is 19.1 Å². The maximum absolute atomic E-state index is 12.0. The largest absolute Gasteiger partial charge is 0.463 e. The van der Waals surface area contributed by atoms with Crippen LogP contribution in [0.4, 0.5) is 0 Å². The maximum Gasteiger partial charge on any atom is 0.347 e. The number of carbonyl (C=O) groups is 2. The summed E-state index contributed by atoms with van der Waals surface area (Å²) in [5, 5.41) is 0. The Labute approximate surface area is 179 Å². The van der Waals surface area contributed by atoms with Gasteiger partial charge < -0.3 is 9.47 Å². The van der Waals surface area contributed by atoms with Crippen LogP contribution in [0.5, 0.6) is 0 Å². The monoisotopic (exact) mass is 408 g/mol. The van der Waals surface area contributed by atoms with Gasteiger partial charge in [-0.05, 0) is 45.4 Å². The van der Waals surface area contributed by atoms with Crippen molar-refractivity contribution < 1.29 is 19.1 Å². The Morgan fingerprint density at radius 1 is 0.793 bits per heavy atom. The third-order valence-electron chi connectivity index (χ3n) is 4.71. The van der Waals surface area contributed by atoms with Crippen molar-refractivity contribution in [1.29, 1.82) is 0 Å². The van der Waals surface area contributed by atoms with Crippen LogP contribution in [0.15, 0.2) is 24.3 Å². The molecule has 0 aromatic rings. The van der Waals surface area contributed by atoms with Gasteiger partial charge in [0.05, 0.1) is 6.61 Å². The van der Waals surface area contributed by atoms with E-state index in [-0.39, 0.29) is 11.9 Å². The van der Waals surface area contributed by atoms with Crippen LogP contribution in [0, 0.1) is 5.92 Å². The van der Waals surface area contributed by atoms with Gasteiger partial charge in [0.15, 0.2) is 0 Å². The molecule has 4 heteroatoms. The third kappa shape index (κ3) is 17.0. The Morgan fingerprint density at radius 3 is 1.97 bits per heavy atom. The maximum atomic E-state index is 12.0. The van der Waals surface area contributed by atoms with Crippen LogP contribution in [-0.4, -0.2) is 24.6 Å². The minimum absolute atomic E-state index is 0.0809.